The molecule has 0 fully saturated rings. The van der Waals surface area contributed by atoms with E-state index in [4.69, 9.17) is 0 Å². The van der Waals surface area contributed by atoms with Gasteiger partial charge >= 0.3 is 0 Å². The van der Waals surface area contributed by atoms with Crippen molar-refractivity contribution < 1.29 is 8.42 Å². The van der Waals surface area contributed by atoms with Crippen molar-refractivity contribution in [3.63, 3.8) is 0 Å². The number of aromatic nitrogens is 1. The summed E-state index contributed by atoms with van der Waals surface area (Å²) in [5.74, 6) is 0. The Morgan fingerprint density at radius 2 is 1.53 bits per heavy atom. The number of sulfone groups is 1. The molecule has 0 saturated heterocycles. The van der Waals surface area contributed by atoms with E-state index >= 15 is 0 Å². The second-order valence-electron chi connectivity index (χ2n) is 4.44. The highest BCUT2D eigenvalue weighted by Crippen LogP contribution is 2.29. The Labute approximate surface area is 112 Å². The first-order valence-corrected chi connectivity index (χ1v) is 7.43. The molecule has 4 heteroatoms. The summed E-state index contributed by atoms with van der Waals surface area (Å²) in [5, 5.41) is 0.758. The SMILES string of the molecule is Cn1cc(S(=O)(=O)c2ccccc2)c2ccccc21. The van der Waals surface area contributed by atoms with Crippen molar-refractivity contribution in [3.8, 4) is 0 Å². The van der Waals surface area contributed by atoms with Crippen LogP contribution >= 0.6 is 0 Å². The van der Waals surface area contributed by atoms with Crippen molar-refractivity contribution in [1.82, 2.24) is 4.57 Å². The molecule has 1 aromatic heterocycles. The molecular weight excluding hydrogens is 258 g/mol. The van der Waals surface area contributed by atoms with Crippen molar-refractivity contribution in [3.05, 3.63) is 60.8 Å². The fourth-order valence-electron chi connectivity index (χ4n) is 2.25. The number of rotatable bonds is 2. The molecule has 0 radical (unpaired) electrons. The summed E-state index contributed by atoms with van der Waals surface area (Å²) in [7, 11) is -1.61. The van der Waals surface area contributed by atoms with E-state index in [9.17, 15) is 8.42 Å². The maximum Gasteiger partial charge on any atom is 0.208 e. The van der Waals surface area contributed by atoms with Gasteiger partial charge in [-0.2, -0.15) is 0 Å². The van der Waals surface area contributed by atoms with Crippen LogP contribution in [0.25, 0.3) is 10.9 Å². The molecule has 19 heavy (non-hydrogen) atoms. The van der Waals surface area contributed by atoms with Gasteiger partial charge in [0.1, 0.15) is 0 Å². The van der Waals surface area contributed by atoms with Crippen molar-refractivity contribution in [2.45, 2.75) is 9.79 Å². The van der Waals surface area contributed by atoms with E-state index in [1.165, 1.54) is 0 Å². The zero-order chi connectivity index (χ0) is 13.5. The van der Waals surface area contributed by atoms with E-state index in [0.29, 0.717) is 9.79 Å². The minimum Gasteiger partial charge on any atom is -0.349 e. The van der Waals surface area contributed by atoms with E-state index < -0.39 is 9.84 Å². The van der Waals surface area contributed by atoms with Crippen LogP contribution in [0.5, 0.6) is 0 Å². The monoisotopic (exact) mass is 271 g/mol. The quantitative estimate of drug-likeness (QED) is 0.718. The van der Waals surface area contributed by atoms with Gasteiger partial charge in [-0.05, 0) is 18.2 Å². The first-order valence-electron chi connectivity index (χ1n) is 5.95. The van der Waals surface area contributed by atoms with Gasteiger partial charge in [0.05, 0.1) is 9.79 Å². The summed E-state index contributed by atoms with van der Waals surface area (Å²) in [5.41, 5.74) is 0.914. The Kier molecular flexibility index (Phi) is 2.68. The van der Waals surface area contributed by atoms with Gasteiger partial charge in [-0.1, -0.05) is 36.4 Å². The van der Waals surface area contributed by atoms with Crippen LogP contribution in [0.3, 0.4) is 0 Å². The molecule has 1 heterocycles. The maximum absolute atomic E-state index is 12.6. The molecule has 3 rings (SSSR count). The van der Waals surface area contributed by atoms with Crippen LogP contribution in [0, 0.1) is 0 Å². The maximum atomic E-state index is 12.6. The van der Waals surface area contributed by atoms with E-state index in [0.717, 1.165) is 10.9 Å². The van der Waals surface area contributed by atoms with Crippen LogP contribution in [0.4, 0.5) is 0 Å². The number of nitrogens with zero attached hydrogens (tertiary/aromatic N) is 1. The van der Waals surface area contributed by atoms with Crippen molar-refractivity contribution in [2.75, 3.05) is 0 Å². The van der Waals surface area contributed by atoms with Gasteiger partial charge in [0.25, 0.3) is 0 Å². The fraction of sp³-hybridized carbons (Fsp3) is 0.0667. The predicted octanol–water partition coefficient (Wildman–Crippen LogP) is 3.01. The molecule has 0 saturated carbocycles. The number of para-hydroxylation sites is 1. The third-order valence-electron chi connectivity index (χ3n) is 3.20. The zero-order valence-corrected chi connectivity index (χ0v) is 11.3. The summed E-state index contributed by atoms with van der Waals surface area (Å²) in [4.78, 5) is 0.683. The molecule has 3 aromatic rings. The molecular formula is C15H13NO2S. The van der Waals surface area contributed by atoms with Gasteiger partial charge in [0.15, 0.2) is 0 Å². The van der Waals surface area contributed by atoms with Crippen molar-refractivity contribution >= 4 is 20.7 Å². The zero-order valence-electron chi connectivity index (χ0n) is 10.4. The van der Waals surface area contributed by atoms with Crippen LogP contribution < -0.4 is 0 Å². The lowest BCUT2D eigenvalue weighted by Crippen LogP contribution is -2.00. The topological polar surface area (TPSA) is 39.1 Å². The lowest BCUT2D eigenvalue weighted by atomic mass is 10.2. The first kappa shape index (κ1) is 12.0. The highest BCUT2D eigenvalue weighted by molar-refractivity contribution is 7.91. The molecule has 0 aliphatic carbocycles. The third kappa shape index (κ3) is 1.85. The number of aryl methyl sites for hydroxylation is 1. The molecule has 0 bridgehead atoms. The Morgan fingerprint density at radius 1 is 0.895 bits per heavy atom. The van der Waals surface area contributed by atoms with Gasteiger partial charge < -0.3 is 4.57 Å². The Bertz CT molecular complexity index is 833. The average Bonchev–Trinajstić information content (AvgIpc) is 2.79. The molecule has 0 amide bonds. The van der Waals surface area contributed by atoms with E-state index in [1.807, 2.05) is 41.9 Å². The molecule has 0 atom stereocenters. The van der Waals surface area contributed by atoms with E-state index in [1.54, 1.807) is 30.5 Å². The first-order chi connectivity index (χ1) is 9.10. The predicted molar refractivity (Wildman–Crippen MR) is 74.8 cm³/mol. The van der Waals surface area contributed by atoms with Gasteiger partial charge in [0, 0.05) is 24.1 Å². The largest absolute Gasteiger partial charge is 0.349 e. The summed E-state index contributed by atoms with van der Waals surface area (Å²) in [6.45, 7) is 0. The van der Waals surface area contributed by atoms with Crippen molar-refractivity contribution in [1.29, 1.82) is 0 Å². The Balaban J connectivity index is 2.31. The van der Waals surface area contributed by atoms with Crippen LogP contribution in [-0.2, 0) is 16.9 Å². The molecule has 0 aliphatic heterocycles. The lowest BCUT2D eigenvalue weighted by molar-refractivity contribution is 0.596. The van der Waals surface area contributed by atoms with Gasteiger partial charge in [-0.25, -0.2) is 8.42 Å². The number of fused-ring (bicyclic) bond motifs is 1. The van der Waals surface area contributed by atoms with Crippen molar-refractivity contribution in [2.24, 2.45) is 7.05 Å². The van der Waals surface area contributed by atoms with Gasteiger partial charge in [0.2, 0.25) is 9.84 Å². The summed E-state index contributed by atoms with van der Waals surface area (Å²) in [6, 6.07) is 16.0. The highest BCUT2D eigenvalue weighted by Gasteiger charge is 2.22. The second kappa shape index (κ2) is 4.24. The molecule has 0 spiro atoms. The molecule has 0 N–H and O–H groups in total. The standard InChI is InChI=1S/C15H13NO2S/c1-16-11-15(13-9-5-6-10-14(13)16)19(17,18)12-7-3-2-4-8-12/h2-11H,1H3. The molecule has 0 aliphatic rings. The highest BCUT2D eigenvalue weighted by atomic mass is 32.2. The average molecular weight is 271 g/mol. The molecule has 96 valence electrons. The van der Waals surface area contributed by atoms with Crippen LogP contribution in [0.15, 0.2) is 70.6 Å². The van der Waals surface area contributed by atoms with Gasteiger partial charge in [-0.15, -0.1) is 0 Å². The summed E-state index contributed by atoms with van der Waals surface area (Å²) < 4.78 is 27.1. The van der Waals surface area contributed by atoms with Crippen LogP contribution in [0.1, 0.15) is 0 Å². The normalized spacial score (nSPS) is 11.8. The minimum absolute atomic E-state index is 0.325. The van der Waals surface area contributed by atoms with E-state index in [-0.39, 0.29) is 0 Å². The third-order valence-corrected chi connectivity index (χ3v) is 5.00. The van der Waals surface area contributed by atoms with E-state index in [2.05, 4.69) is 0 Å². The number of benzene rings is 2. The molecule has 0 unspecified atom stereocenters. The summed E-state index contributed by atoms with van der Waals surface area (Å²) in [6.07, 6.45) is 1.67. The fourth-order valence-corrected chi connectivity index (χ4v) is 3.77. The Hall–Kier alpha value is -2.07. The minimum atomic E-state index is -3.47. The van der Waals surface area contributed by atoms with Crippen LogP contribution in [-0.4, -0.2) is 13.0 Å². The molecule has 2 aromatic carbocycles. The number of hydrogen-bond donors (Lipinski definition) is 0. The smallest absolute Gasteiger partial charge is 0.208 e. The molecule has 3 nitrogen and oxygen atoms in total. The summed E-state index contributed by atoms with van der Waals surface area (Å²) >= 11 is 0. The lowest BCUT2D eigenvalue weighted by Gasteiger charge is -2.02. The number of hydrogen-bond acceptors (Lipinski definition) is 2. The van der Waals surface area contributed by atoms with Gasteiger partial charge in [-0.3, -0.25) is 0 Å². The van der Waals surface area contributed by atoms with Crippen LogP contribution in [0.2, 0.25) is 0 Å². The second-order valence-corrected chi connectivity index (χ2v) is 6.36. The Morgan fingerprint density at radius 3 is 2.26 bits per heavy atom.